The average molecular weight is 422 g/mol. The summed E-state index contributed by atoms with van der Waals surface area (Å²) in [7, 11) is 1.68. The number of benzene rings is 1. The molecule has 1 aliphatic rings. The van der Waals surface area contributed by atoms with E-state index in [-0.39, 0.29) is 18.3 Å². The van der Waals surface area contributed by atoms with Gasteiger partial charge in [-0.3, -0.25) is 4.79 Å². The van der Waals surface area contributed by atoms with Crippen LogP contribution < -0.4 is 10.6 Å². The quantitative estimate of drug-likeness (QED) is 0.632. The van der Waals surface area contributed by atoms with Crippen LogP contribution in [0.4, 0.5) is 0 Å². The second-order valence-corrected chi connectivity index (χ2v) is 6.62. The molecule has 0 atom stereocenters. The van der Waals surface area contributed by atoms with Crippen LogP contribution in [0, 0.1) is 0 Å². The topological polar surface area (TPSA) is 59.6 Å². The summed E-state index contributed by atoms with van der Waals surface area (Å²) < 4.78 is 11.5. The molecule has 5 nitrogen and oxygen atoms in total. The van der Waals surface area contributed by atoms with Crippen LogP contribution in [-0.2, 0) is 19.7 Å². The molecule has 1 amide bonds. The van der Waals surface area contributed by atoms with Crippen molar-refractivity contribution in [2.24, 2.45) is 0 Å². The SMILES string of the molecule is COCCNCCNC(=O)C1(c2ccc(Br)cc2)CCOCC1.Cl. The number of methoxy groups -OCH3 is 1. The van der Waals surface area contributed by atoms with Crippen molar-refractivity contribution in [1.82, 2.24) is 10.6 Å². The number of halogens is 2. The van der Waals surface area contributed by atoms with Crippen molar-refractivity contribution < 1.29 is 14.3 Å². The number of carbonyl (C=O) groups is 1. The van der Waals surface area contributed by atoms with Crippen LogP contribution in [0.2, 0.25) is 0 Å². The Hall–Kier alpha value is -0.660. The Balaban J connectivity index is 0.00000288. The molecule has 1 heterocycles. The Morgan fingerprint density at radius 3 is 2.50 bits per heavy atom. The first-order valence-electron chi connectivity index (χ1n) is 8.01. The third kappa shape index (κ3) is 5.70. The van der Waals surface area contributed by atoms with Crippen LogP contribution in [0.1, 0.15) is 18.4 Å². The second-order valence-electron chi connectivity index (χ2n) is 5.70. The monoisotopic (exact) mass is 420 g/mol. The number of rotatable bonds is 8. The van der Waals surface area contributed by atoms with E-state index >= 15 is 0 Å². The van der Waals surface area contributed by atoms with E-state index in [2.05, 4.69) is 26.6 Å². The highest BCUT2D eigenvalue weighted by atomic mass is 79.9. The largest absolute Gasteiger partial charge is 0.383 e. The molecule has 24 heavy (non-hydrogen) atoms. The molecule has 0 spiro atoms. The fourth-order valence-electron chi connectivity index (χ4n) is 2.87. The maximum atomic E-state index is 12.9. The molecule has 0 aromatic heterocycles. The molecule has 0 aliphatic carbocycles. The molecular weight excluding hydrogens is 396 g/mol. The van der Waals surface area contributed by atoms with Gasteiger partial charge in [-0.2, -0.15) is 0 Å². The van der Waals surface area contributed by atoms with Gasteiger partial charge in [-0.1, -0.05) is 28.1 Å². The van der Waals surface area contributed by atoms with E-state index in [0.717, 1.165) is 36.0 Å². The van der Waals surface area contributed by atoms with E-state index in [0.29, 0.717) is 26.4 Å². The second kappa shape index (κ2) is 11.1. The number of hydrogen-bond acceptors (Lipinski definition) is 4. The Morgan fingerprint density at radius 1 is 1.21 bits per heavy atom. The van der Waals surface area contributed by atoms with Crippen molar-refractivity contribution in [3.05, 3.63) is 34.3 Å². The maximum Gasteiger partial charge on any atom is 0.230 e. The Bertz CT molecular complexity index is 493. The first kappa shape index (κ1) is 21.4. The molecule has 1 aromatic rings. The third-order valence-electron chi connectivity index (χ3n) is 4.25. The van der Waals surface area contributed by atoms with Gasteiger partial charge < -0.3 is 20.1 Å². The Labute approximate surface area is 158 Å². The van der Waals surface area contributed by atoms with Gasteiger partial charge in [-0.15, -0.1) is 12.4 Å². The number of nitrogens with one attached hydrogen (secondary N) is 2. The molecule has 1 aromatic carbocycles. The molecule has 0 radical (unpaired) electrons. The van der Waals surface area contributed by atoms with Gasteiger partial charge in [0.2, 0.25) is 5.91 Å². The molecule has 136 valence electrons. The van der Waals surface area contributed by atoms with Crippen LogP contribution in [0.15, 0.2) is 28.7 Å². The van der Waals surface area contributed by atoms with Crippen LogP contribution in [-0.4, -0.2) is 52.5 Å². The lowest BCUT2D eigenvalue weighted by molar-refractivity contribution is -0.130. The van der Waals surface area contributed by atoms with Crippen LogP contribution in [0.5, 0.6) is 0 Å². The summed E-state index contributed by atoms with van der Waals surface area (Å²) in [5, 5.41) is 6.31. The van der Waals surface area contributed by atoms with E-state index in [1.807, 2.05) is 24.3 Å². The lowest BCUT2D eigenvalue weighted by Gasteiger charge is -2.36. The zero-order valence-corrected chi connectivity index (χ0v) is 16.4. The van der Waals surface area contributed by atoms with Crippen LogP contribution >= 0.6 is 28.3 Å². The van der Waals surface area contributed by atoms with Crippen molar-refractivity contribution in [2.75, 3.05) is 46.6 Å². The fourth-order valence-corrected chi connectivity index (χ4v) is 3.13. The summed E-state index contributed by atoms with van der Waals surface area (Å²) in [6.07, 6.45) is 1.44. The highest BCUT2D eigenvalue weighted by molar-refractivity contribution is 9.10. The van der Waals surface area contributed by atoms with Crippen LogP contribution in [0.25, 0.3) is 0 Å². The summed E-state index contributed by atoms with van der Waals surface area (Å²) in [4.78, 5) is 12.9. The minimum Gasteiger partial charge on any atom is -0.383 e. The first-order chi connectivity index (χ1) is 11.2. The van der Waals surface area contributed by atoms with Crippen molar-refractivity contribution in [3.8, 4) is 0 Å². The average Bonchev–Trinajstić information content (AvgIpc) is 2.59. The molecular formula is C17H26BrClN2O3. The molecule has 2 rings (SSSR count). The van der Waals surface area contributed by atoms with E-state index in [9.17, 15) is 4.79 Å². The lowest BCUT2D eigenvalue weighted by atomic mass is 9.73. The number of amides is 1. The van der Waals surface area contributed by atoms with Gasteiger partial charge in [0.1, 0.15) is 0 Å². The van der Waals surface area contributed by atoms with Crippen LogP contribution in [0.3, 0.4) is 0 Å². The summed E-state index contributed by atoms with van der Waals surface area (Å²) in [5.41, 5.74) is 0.583. The predicted molar refractivity (Wildman–Crippen MR) is 101 cm³/mol. The summed E-state index contributed by atoms with van der Waals surface area (Å²) >= 11 is 3.45. The number of hydrogen-bond donors (Lipinski definition) is 2. The minimum absolute atomic E-state index is 0. The molecule has 1 aliphatic heterocycles. The molecule has 1 fully saturated rings. The van der Waals surface area contributed by atoms with Gasteiger partial charge in [-0.05, 0) is 30.5 Å². The zero-order valence-electron chi connectivity index (χ0n) is 14.0. The fraction of sp³-hybridized carbons (Fsp3) is 0.588. The zero-order chi connectivity index (χ0) is 16.5. The van der Waals surface area contributed by atoms with Crippen molar-refractivity contribution in [1.29, 1.82) is 0 Å². The molecule has 2 N–H and O–H groups in total. The van der Waals surface area contributed by atoms with Crippen molar-refractivity contribution >= 4 is 34.2 Å². The highest BCUT2D eigenvalue weighted by Crippen LogP contribution is 2.35. The van der Waals surface area contributed by atoms with Gasteiger partial charge in [0.25, 0.3) is 0 Å². The van der Waals surface area contributed by atoms with Gasteiger partial charge in [0.15, 0.2) is 0 Å². The molecule has 7 heteroatoms. The first-order valence-corrected chi connectivity index (χ1v) is 8.80. The normalized spacial score (nSPS) is 16.2. The standard InChI is InChI=1S/C17H25BrN2O3.ClH/c1-22-13-10-19-8-9-20-16(21)17(6-11-23-12-7-17)14-2-4-15(18)5-3-14;/h2-5,19H,6-13H2,1H3,(H,20,21);1H. The summed E-state index contributed by atoms with van der Waals surface area (Å²) in [5.74, 6) is 0.0941. The Kier molecular flexibility index (Phi) is 9.85. The maximum absolute atomic E-state index is 12.9. The van der Waals surface area contributed by atoms with Crippen molar-refractivity contribution in [2.45, 2.75) is 18.3 Å². The molecule has 1 saturated heterocycles. The van der Waals surface area contributed by atoms with E-state index in [1.54, 1.807) is 7.11 Å². The highest BCUT2D eigenvalue weighted by Gasteiger charge is 2.41. The predicted octanol–water partition coefficient (Wildman–Crippen LogP) is 2.27. The number of ether oxygens (including phenoxy) is 2. The number of carbonyl (C=O) groups excluding carboxylic acids is 1. The van der Waals surface area contributed by atoms with Gasteiger partial charge in [0.05, 0.1) is 12.0 Å². The lowest BCUT2D eigenvalue weighted by Crippen LogP contribution is -2.49. The van der Waals surface area contributed by atoms with Crippen molar-refractivity contribution in [3.63, 3.8) is 0 Å². The minimum atomic E-state index is -0.481. The smallest absolute Gasteiger partial charge is 0.230 e. The van der Waals surface area contributed by atoms with E-state index in [4.69, 9.17) is 9.47 Å². The summed E-state index contributed by atoms with van der Waals surface area (Å²) in [6.45, 7) is 4.06. The van der Waals surface area contributed by atoms with Gasteiger partial charge in [-0.25, -0.2) is 0 Å². The van der Waals surface area contributed by atoms with Gasteiger partial charge >= 0.3 is 0 Å². The third-order valence-corrected chi connectivity index (χ3v) is 4.78. The Morgan fingerprint density at radius 2 is 1.88 bits per heavy atom. The molecule has 0 saturated carbocycles. The van der Waals surface area contributed by atoms with E-state index in [1.165, 1.54) is 0 Å². The summed E-state index contributed by atoms with van der Waals surface area (Å²) in [6, 6.07) is 8.05. The molecule has 0 unspecified atom stereocenters. The molecule has 0 bridgehead atoms. The van der Waals surface area contributed by atoms with E-state index < -0.39 is 5.41 Å². The van der Waals surface area contributed by atoms with Gasteiger partial charge in [0, 0.05) is 44.4 Å².